The Kier molecular flexibility index (Phi) is 4.05. The van der Waals surface area contributed by atoms with E-state index in [1.165, 1.54) is 0 Å². The summed E-state index contributed by atoms with van der Waals surface area (Å²) < 4.78 is 26.4. The molecule has 0 amide bonds. The van der Waals surface area contributed by atoms with Crippen LogP contribution in [0.2, 0.25) is 0 Å². The van der Waals surface area contributed by atoms with Crippen LogP contribution in [0.25, 0.3) is 0 Å². The molecule has 0 aromatic carbocycles. The molecular weight excluding hydrogens is 288 g/mol. The van der Waals surface area contributed by atoms with Gasteiger partial charge in [0.25, 0.3) is 0 Å². The molecule has 0 spiro atoms. The van der Waals surface area contributed by atoms with E-state index in [0.717, 1.165) is 18.4 Å². The van der Waals surface area contributed by atoms with E-state index in [2.05, 4.69) is 0 Å². The van der Waals surface area contributed by atoms with Crippen LogP contribution < -0.4 is 5.73 Å². The zero-order chi connectivity index (χ0) is 13.3. The van der Waals surface area contributed by atoms with Gasteiger partial charge < -0.3 is 5.73 Å². The molecule has 0 aliphatic heterocycles. The molecule has 7 heteroatoms. The third-order valence-electron chi connectivity index (χ3n) is 3.05. The summed E-state index contributed by atoms with van der Waals surface area (Å²) in [5.74, 6) is 0. The van der Waals surface area contributed by atoms with Crippen molar-refractivity contribution >= 4 is 38.6 Å². The number of thiophene rings is 1. The molecule has 0 saturated heterocycles. The fourth-order valence-electron chi connectivity index (χ4n) is 1.70. The summed E-state index contributed by atoms with van der Waals surface area (Å²) >= 11 is 6.38. The topological polar surface area (TPSA) is 63.4 Å². The van der Waals surface area contributed by atoms with Gasteiger partial charge in [-0.1, -0.05) is 12.2 Å². The van der Waals surface area contributed by atoms with Gasteiger partial charge in [-0.25, -0.2) is 8.42 Å². The Morgan fingerprint density at radius 2 is 2.33 bits per heavy atom. The van der Waals surface area contributed by atoms with E-state index < -0.39 is 15.3 Å². The van der Waals surface area contributed by atoms with E-state index in [1.807, 2.05) is 16.8 Å². The largest absolute Gasteiger partial charge is 0.392 e. The Labute approximate surface area is 117 Å². The molecular formula is C11H16N2O2S3. The Morgan fingerprint density at radius 3 is 2.78 bits per heavy atom. The number of rotatable bonds is 6. The average molecular weight is 304 g/mol. The monoisotopic (exact) mass is 304 g/mol. The van der Waals surface area contributed by atoms with Crippen molar-refractivity contribution in [3.8, 4) is 0 Å². The van der Waals surface area contributed by atoms with Gasteiger partial charge in [-0.05, 0) is 42.2 Å². The molecule has 1 aliphatic carbocycles. The lowest BCUT2D eigenvalue weighted by molar-refractivity contribution is 0.397. The summed E-state index contributed by atoms with van der Waals surface area (Å²) in [4.78, 5) is 0.0333. The zero-order valence-corrected chi connectivity index (χ0v) is 12.5. The van der Waals surface area contributed by atoms with Crippen molar-refractivity contribution in [2.24, 2.45) is 5.73 Å². The number of sulfonamides is 1. The summed E-state index contributed by atoms with van der Waals surface area (Å²) in [6.45, 7) is 1.98. The second-order valence-corrected chi connectivity index (χ2v) is 7.96. The molecule has 1 aromatic heterocycles. The molecule has 2 N–H and O–H groups in total. The van der Waals surface area contributed by atoms with Gasteiger partial charge in [0.2, 0.25) is 10.0 Å². The van der Waals surface area contributed by atoms with E-state index in [4.69, 9.17) is 18.0 Å². The fourth-order valence-corrected chi connectivity index (χ4v) is 4.38. The summed E-state index contributed by atoms with van der Waals surface area (Å²) in [7, 11) is -3.44. The van der Waals surface area contributed by atoms with Crippen molar-refractivity contribution in [2.45, 2.75) is 37.6 Å². The number of hydrogen-bond donors (Lipinski definition) is 1. The zero-order valence-electron chi connectivity index (χ0n) is 10.1. The molecule has 1 atom stereocenters. The van der Waals surface area contributed by atoms with Gasteiger partial charge in [-0.3, -0.25) is 0 Å². The molecule has 2 rings (SSSR count). The maximum absolute atomic E-state index is 12.4. The predicted molar refractivity (Wildman–Crippen MR) is 78.1 cm³/mol. The van der Waals surface area contributed by atoms with Crippen LogP contribution in [-0.2, 0) is 16.6 Å². The third kappa shape index (κ3) is 2.90. The lowest BCUT2D eigenvalue weighted by Gasteiger charge is -2.24. The number of nitrogens with two attached hydrogens (primary N) is 1. The number of thiocarbonyl (C=S) groups is 1. The quantitative estimate of drug-likeness (QED) is 0.813. The first-order chi connectivity index (χ1) is 8.43. The normalized spacial score (nSPS) is 17.9. The van der Waals surface area contributed by atoms with Crippen molar-refractivity contribution in [3.05, 3.63) is 22.4 Å². The SMILES string of the molecule is CC(C(N)=S)S(=O)(=O)N(Cc1ccsc1)C1CC1. The lowest BCUT2D eigenvalue weighted by atomic mass is 10.3. The second-order valence-electron chi connectivity index (χ2n) is 4.50. The highest BCUT2D eigenvalue weighted by Gasteiger charge is 2.40. The molecule has 1 aliphatic rings. The van der Waals surface area contributed by atoms with E-state index >= 15 is 0 Å². The van der Waals surface area contributed by atoms with Gasteiger partial charge in [0, 0.05) is 12.6 Å². The molecule has 0 radical (unpaired) electrons. The van der Waals surface area contributed by atoms with E-state index in [-0.39, 0.29) is 11.0 Å². The fraction of sp³-hybridized carbons (Fsp3) is 0.545. The predicted octanol–water partition coefficient (Wildman–Crippen LogP) is 1.72. The maximum atomic E-state index is 12.4. The molecule has 1 fully saturated rings. The van der Waals surface area contributed by atoms with Crippen LogP contribution in [0.3, 0.4) is 0 Å². The van der Waals surface area contributed by atoms with Gasteiger partial charge in [-0.15, -0.1) is 0 Å². The van der Waals surface area contributed by atoms with E-state index in [1.54, 1.807) is 22.6 Å². The van der Waals surface area contributed by atoms with Crippen molar-refractivity contribution < 1.29 is 8.42 Å². The maximum Gasteiger partial charge on any atom is 0.223 e. The van der Waals surface area contributed by atoms with Gasteiger partial charge in [0.1, 0.15) is 5.25 Å². The minimum atomic E-state index is -3.44. The minimum absolute atomic E-state index is 0.0333. The average Bonchev–Trinajstić information content (AvgIpc) is 3.01. The first-order valence-corrected chi connectivity index (χ1v) is 8.59. The standard InChI is InChI=1S/C11H16N2O2S3/c1-8(11(12)16)18(14,15)13(10-2-3-10)6-9-4-5-17-7-9/h4-5,7-8,10H,2-3,6H2,1H3,(H2,12,16). The Hall–Kier alpha value is -0.500. The second kappa shape index (κ2) is 5.24. The summed E-state index contributed by atoms with van der Waals surface area (Å²) in [6, 6.07) is 2.06. The molecule has 18 heavy (non-hydrogen) atoms. The molecule has 100 valence electrons. The Balaban J connectivity index is 2.22. The molecule has 4 nitrogen and oxygen atoms in total. The highest BCUT2D eigenvalue weighted by atomic mass is 32.2. The van der Waals surface area contributed by atoms with Crippen molar-refractivity contribution in [2.75, 3.05) is 0 Å². The summed E-state index contributed by atoms with van der Waals surface area (Å²) in [5, 5.41) is 3.12. The Morgan fingerprint density at radius 1 is 1.67 bits per heavy atom. The van der Waals surface area contributed by atoms with Crippen LogP contribution in [-0.4, -0.2) is 29.0 Å². The lowest BCUT2D eigenvalue weighted by Crippen LogP contribution is -2.43. The first-order valence-electron chi connectivity index (χ1n) is 5.74. The molecule has 0 bridgehead atoms. The minimum Gasteiger partial charge on any atom is -0.392 e. The van der Waals surface area contributed by atoms with Crippen LogP contribution in [0.5, 0.6) is 0 Å². The Bertz CT molecular complexity index is 520. The first kappa shape index (κ1) is 13.9. The van der Waals surface area contributed by atoms with E-state index in [0.29, 0.717) is 6.54 Å². The van der Waals surface area contributed by atoms with Gasteiger partial charge in [-0.2, -0.15) is 15.6 Å². The van der Waals surface area contributed by atoms with Crippen molar-refractivity contribution in [3.63, 3.8) is 0 Å². The molecule has 1 heterocycles. The van der Waals surface area contributed by atoms with Crippen molar-refractivity contribution in [1.29, 1.82) is 0 Å². The van der Waals surface area contributed by atoms with Crippen LogP contribution >= 0.6 is 23.6 Å². The highest BCUT2D eigenvalue weighted by molar-refractivity contribution is 7.92. The summed E-state index contributed by atoms with van der Waals surface area (Å²) in [5.41, 5.74) is 6.50. The summed E-state index contributed by atoms with van der Waals surface area (Å²) in [6.07, 6.45) is 1.85. The van der Waals surface area contributed by atoms with E-state index in [9.17, 15) is 8.42 Å². The smallest absolute Gasteiger partial charge is 0.223 e. The van der Waals surface area contributed by atoms with Gasteiger partial charge >= 0.3 is 0 Å². The molecule has 1 unspecified atom stereocenters. The number of nitrogens with zero attached hydrogens (tertiary/aromatic N) is 1. The van der Waals surface area contributed by atoms with Gasteiger partial charge in [0.05, 0.1) is 4.99 Å². The number of hydrogen-bond acceptors (Lipinski definition) is 4. The van der Waals surface area contributed by atoms with Gasteiger partial charge in [0.15, 0.2) is 0 Å². The van der Waals surface area contributed by atoms with Crippen LogP contribution in [0, 0.1) is 0 Å². The van der Waals surface area contributed by atoms with Crippen LogP contribution in [0.15, 0.2) is 16.8 Å². The highest BCUT2D eigenvalue weighted by Crippen LogP contribution is 2.32. The molecule has 1 saturated carbocycles. The molecule has 1 aromatic rings. The van der Waals surface area contributed by atoms with Crippen LogP contribution in [0.1, 0.15) is 25.3 Å². The van der Waals surface area contributed by atoms with Crippen molar-refractivity contribution in [1.82, 2.24) is 4.31 Å². The third-order valence-corrected chi connectivity index (χ3v) is 6.51. The van der Waals surface area contributed by atoms with Crippen LogP contribution in [0.4, 0.5) is 0 Å².